The number of hydrogen-bond donors (Lipinski definition) is 1. The first-order valence-electron chi connectivity index (χ1n) is 18.9. The maximum absolute atomic E-state index is 5.94. The fraction of sp³-hybridized carbons (Fsp3) is 0.467. The summed E-state index contributed by atoms with van der Waals surface area (Å²) in [5.41, 5.74) is 18.6. The first-order valence-corrected chi connectivity index (χ1v) is 23.2. The Balaban J connectivity index is 0.000000259. The molecule has 2 N–H and O–H groups in total. The van der Waals surface area contributed by atoms with Gasteiger partial charge in [-0.15, -0.1) is 0 Å². The van der Waals surface area contributed by atoms with Gasteiger partial charge in [0.1, 0.15) is 0 Å². The summed E-state index contributed by atoms with van der Waals surface area (Å²) in [6, 6.07) is 30.8. The Kier molecular flexibility index (Phi) is 14.5. The number of benzene rings is 4. The fourth-order valence-corrected chi connectivity index (χ4v) is 13.4. The van der Waals surface area contributed by atoms with Gasteiger partial charge in [0.05, 0.1) is 0 Å². The molecule has 266 valence electrons. The fourth-order valence-electron chi connectivity index (χ4n) is 8.06. The van der Waals surface area contributed by atoms with Crippen LogP contribution in [-0.4, -0.2) is 11.3 Å². The maximum atomic E-state index is 5.94. The van der Waals surface area contributed by atoms with E-state index < -0.39 is 0 Å². The minimum atomic E-state index is -0.141. The summed E-state index contributed by atoms with van der Waals surface area (Å²) in [6.45, 7) is 14.3. The number of nitrogen functional groups attached to an aromatic ring is 1. The zero-order valence-corrected chi connectivity index (χ0v) is 34.0. The summed E-state index contributed by atoms with van der Waals surface area (Å²) in [5, 5.41) is 1.77. The number of anilines is 1. The van der Waals surface area contributed by atoms with Crippen molar-refractivity contribution in [2.75, 3.05) is 5.73 Å². The number of rotatable bonds is 9. The molecule has 2 saturated carbocycles. The monoisotopic (exact) mass is 785 g/mol. The number of hydrogen-bond acceptors (Lipinski definition) is 1. The van der Waals surface area contributed by atoms with Gasteiger partial charge >= 0.3 is 102 Å². The molecule has 0 atom stereocenters. The number of nitrogens with two attached hydrogens (primary N) is 1. The van der Waals surface area contributed by atoms with E-state index in [9.17, 15) is 0 Å². The molecule has 0 unspecified atom stereocenters. The van der Waals surface area contributed by atoms with Gasteiger partial charge in [0.25, 0.3) is 0 Å². The molecule has 2 aliphatic carbocycles. The topological polar surface area (TPSA) is 26.0 Å². The van der Waals surface area contributed by atoms with Gasteiger partial charge in [-0.3, -0.25) is 0 Å². The van der Waals surface area contributed by atoms with E-state index in [1.54, 1.807) is 33.1 Å². The van der Waals surface area contributed by atoms with Crippen molar-refractivity contribution in [3.63, 3.8) is 0 Å². The second kappa shape index (κ2) is 18.5. The van der Waals surface area contributed by atoms with E-state index in [1.807, 2.05) is 42.5 Å². The van der Waals surface area contributed by atoms with Gasteiger partial charge in [-0.1, -0.05) is 124 Å². The first-order chi connectivity index (χ1) is 23.7. The summed E-state index contributed by atoms with van der Waals surface area (Å²) in [6.07, 6.45) is 14.6. The average Bonchev–Trinajstić information content (AvgIpc) is 3.12. The van der Waals surface area contributed by atoms with Crippen LogP contribution in [0.1, 0.15) is 140 Å². The first kappa shape index (κ1) is 38.3. The van der Waals surface area contributed by atoms with E-state index >= 15 is 0 Å². The quantitative estimate of drug-likeness (QED) is 0.102. The van der Waals surface area contributed by atoms with E-state index in [-0.39, 0.29) is 24.9 Å². The zero-order valence-electron chi connectivity index (χ0n) is 30.8. The molecule has 1 nitrogen and oxygen atoms in total. The summed E-state index contributed by atoms with van der Waals surface area (Å²) < 4.78 is 1.16. The van der Waals surface area contributed by atoms with Crippen molar-refractivity contribution in [3.05, 3.63) is 102 Å². The van der Waals surface area contributed by atoms with Crippen molar-refractivity contribution in [2.24, 2.45) is 0 Å². The Bertz CT molecular complexity index is 1590. The van der Waals surface area contributed by atoms with Crippen LogP contribution in [0.15, 0.2) is 84.9 Å². The van der Waals surface area contributed by atoms with Gasteiger partial charge in [0, 0.05) is 0 Å². The molecule has 0 spiro atoms. The molecular weight excluding hydrogens is 727 g/mol. The SMILES string of the molecule is CC(C)c1ccc(-c2c(C(C)C)cccc2C(C)C)c(P(C2CCCCC2)C2CCCCC2)c1.Nc1ccccc1-c1cccc[c]1[Pd][Cl]. The van der Waals surface area contributed by atoms with Crippen LogP contribution in [0.2, 0.25) is 0 Å². The van der Waals surface area contributed by atoms with Crippen molar-refractivity contribution in [3.8, 4) is 22.3 Å². The van der Waals surface area contributed by atoms with Crippen LogP contribution in [0.25, 0.3) is 22.3 Å². The molecular formula is C45H59ClNPPd. The Labute approximate surface area is 312 Å². The van der Waals surface area contributed by atoms with Crippen LogP contribution >= 0.6 is 17.5 Å². The van der Waals surface area contributed by atoms with Crippen LogP contribution in [0.3, 0.4) is 0 Å². The molecule has 2 fully saturated rings. The van der Waals surface area contributed by atoms with E-state index in [0.29, 0.717) is 17.8 Å². The molecule has 4 aromatic carbocycles. The molecule has 2 aliphatic rings. The number of halogens is 1. The van der Waals surface area contributed by atoms with Gasteiger partial charge in [0.15, 0.2) is 0 Å². The molecule has 0 heterocycles. The zero-order chi connectivity index (χ0) is 34.9. The van der Waals surface area contributed by atoms with Gasteiger partial charge < -0.3 is 0 Å². The van der Waals surface area contributed by atoms with Crippen LogP contribution in [-0.2, 0) is 17.0 Å². The summed E-state index contributed by atoms with van der Waals surface area (Å²) in [4.78, 5) is 0. The van der Waals surface area contributed by atoms with Gasteiger partial charge in [-0.2, -0.15) is 0 Å². The van der Waals surface area contributed by atoms with E-state index in [4.69, 9.17) is 15.3 Å². The van der Waals surface area contributed by atoms with Crippen LogP contribution in [0.5, 0.6) is 0 Å². The normalized spacial score (nSPS) is 16.1. The molecule has 0 aromatic heterocycles. The van der Waals surface area contributed by atoms with Crippen molar-refractivity contribution in [2.45, 2.75) is 135 Å². The number of para-hydroxylation sites is 1. The van der Waals surface area contributed by atoms with Gasteiger partial charge in [-0.25, -0.2) is 0 Å². The average molecular weight is 787 g/mol. The molecule has 0 aliphatic heterocycles. The summed E-state index contributed by atoms with van der Waals surface area (Å²) in [7, 11) is 5.80. The molecule has 0 amide bonds. The summed E-state index contributed by atoms with van der Waals surface area (Å²) >= 11 is 0.0778. The second-order valence-corrected chi connectivity index (χ2v) is 19.7. The minimum absolute atomic E-state index is 0.0778. The Morgan fingerprint density at radius 3 is 1.63 bits per heavy atom. The molecule has 4 aromatic rings. The van der Waals surface area contributed by atoms with Crippen molar-refractivity contribution in [1.82, 2.24) is 0 Å². The predicted octanol–water partition coefficient (Wildman–Crippen LogP) is 13.3. The van der Waals surface area contributed by atoms with E-state index in [1.165, 1.54) is 64.2 Å². The Morgan fingerprint density at radius 2 is 1.12 bits per heavy atom. The third-order valence-electron chi connectivity index (χ3n) is 10.7. The second-order valence-electron chi connectivity index (χ2n) is 15.1. The van der Waals surface area contributed by atoms with Gasteiger partial charge in [-0.05, 0) is 87.9 Å². The van der Waals surface area contributed by atoms with Crippen molar-refractivity contribution in [1.29, 1.82) is 0 Å². The molecule has 4 heteroatoms. The summed E-state index contributed by atoms with van der Waals surface area (Å²) in [5.74, 6) is 1.68. The van der Waals surface area contributed by atoms with Crippen LogP contribution in [0, 0.1) is 0 Å². The van der Waals surface area contributed by atoms with Crippen LogP contribution < -0.4 is 15.1 Å². The molecule has 0 saturated heterocycles. The van der Waals surface area contributed by atoms with Gasteiger partial charge in [0.2, 0.25) is 0 Å². The van der Waals surface area contributed by atoms with Crippen molar-refractivity contribution < 1.29 is 17.0 Å². The van der Waals surface area contributed by atoms with E-state index in [2.05, 4.69) is 84.0 Å². The molecule has 0 radical (unpaired) electrons. The third-order valence-corrected chi connectivity index (χ3v) is 16.0. The molecule has 6 rings (SSSR count). The molecule has 0 bridgehead atoms. The molecule has 49 heavy (non-hydrogen) atoms. The Hall–Kier alpha value is -1.94. The predicted molar refractivity (Wildman–Crippen MR) is 216 cm³/mol. The Morgan fingerprint density at radius 1 is 0.592 bits per heavy atom. The van der Waals surface area contributed by atoms with Crippen LogP contribution in [0.4, 0.5) is 5.69 Å². The van der Waals surface area contributed by atoms with Crippen molar-refractivity contribution >= 4 is 32.5 Å². The standard InChI is InChI=1S/C33H49P.C12H10N.ClH.Pd/c1-23(2)26-20-21-31(33-29(24(3)4)18-13-19-30(33)25(5)6)32(22-26)34(27-14-9-7-10-15-27)28-16-11-8-12-17-28;13-12-9-5-4-8-11(12)10-6-2-1-3-7-10;;/h13,18-25,27-28H,7-12,14-17H2,1-6H3;1-6,8-9H,13H2;1H;/q;;;+1/p-1. The van der Waals surface area contributed by atoms with E-state index in [0.717, 1.165) is 32.2 Å². The third kappa shape index (κ3) is 9.49.